The lowest BCUT2D eigenvalue weighted by molar-refractivity contribution is 0.555. The predicted octanol–water partition coefficient (Wildman–Crippen LogP) is 4.89. The molecule has 2 aliphatic rings. The van der Waals surface area contributed by atoms with Gasteiger partial charge in [-0.1, -0.05) is 60.3 Å². The first-order valence-electron chi connectivity index (χ1n) is 6.18. The molecule has 2 rings (SSSR count). The minimum Gasteiger partial charge on any atom is -0.0683 e. The molecule has 2 atom stereocenters. The third-order valence-electron chi connectivity index (χ3n) is 2.82. The fourth-order valence-electron chi connectivity index (χ4n) is 1.66. The standard InChI is InChI=1S/C7H14.C4H8.C2H6/c1-6-3-4-7(2)5-6;1-4-2-3-4;1-2/h6-7H,3-5H2,1-2H3;4H,2-3H2,1H3;1-2H3. The molecule has 0 aromatic rings. The van der Waals surface area contributed by atoms with E-state index < -0.39 is 0 Å². The average Bonchev–Trinajstić information content (AvgIpc) is 2.80. The van der Waals surface area contributed by atoms with Gasteiger partial charge in [0.15, 0.2) is 0 Å². The summed E-state index contributed by atoms with van der Waals surface area (Å²) in [6.45, 7) is 11.0. The third-order valence-corrected chi connectivity index (χ3v) is 2.82. The highest BCUT2D eigenvalue weighted by molar-refractivity contribution is 4.68. The zero-order valence-corrected chi connectivity index (χ0v) is 10.3. The van der Waals surface area contributed by atoms with Crippen LogP contribution in [0.1, 0.15) is 66.7 Å². The van der Waals surface area contributed by atoms with E-state index in [1.807, 2.05) is 13.8 Å². The first-order chi connectivity index (χ1) is 6.18. The molecule has 0 radical (unpaired) electrons. The summed E-state index contributed by atoms with van der Waals surface area (Å²) in [5.41, 5.74) is 0. The van der Waals surface area contributed by atoms with Crippen LogP contribution in [0, 0.1) is 17.8 Å². The summed E-state index contributed by atoms with van der Waals surface area (Å²) in [6.07, 6.45) is 7.39. The van der Waals surface area contributed by atoms with E-state index >= 15 is 0 Å². The minimum absolute atomic E-state index is 1.02. The molecule has 0 N–H and O–H groups in total. The lowest BCUT2D eigenvalue weighted by Gasteiger charge is -1.96. The molecular formula is C13H28. The van der Waals surface area contributed by atoms with Crippen molar-refractivity contribution in [2.24, 2.45) is 17.8 Å². The molecule has 0 bridgehead atoms. The van der Waals surface area contributed by atoms with Crippen LogP contribution in [0.4, 0.5) is 0 Å². The van der Waals surface area contributed by atoms with Crippen molar-refractivity contribution in [1.29, 1.82) is 0 Å². The quantitative estimate of drug-likeness (QED) is 0.503. The predicted molar refractivity (Wildman–Crippen MR) is 61.9 cm³/mol. The Morgan fingerprint density at radius 1 is 0.615 bits per heavy atom. The maximum absolute atomic E-state index is 2.35. The molecule has 0 amide bonds. The Labute approximate surface area is 85.1 Å². The van der Waals surface area contributed by atoms with Crippen molar-refractivity contribution in [1.82, 2.24) is 0 Å². The van der Waals surface area contributed by atoms with Gasteiger partial charge >= 0.3 is 0 Å². The van der Waals surface area contributed by atoms with Gasteiger partial charge in [0.1, 0.15) is 0 Å². The number of hydrogen-bond acceptors (Lipinski definition) is 0. The molecule has 0 aromatic carbocycles. The zero-order valence-electron chi connectivity index (χ0n) is 10.3. The summed E-state index contributed by atoms with van der Waals surface area (Å²) < 4.78 is 0. The van der Waals surface area contributed by atoms with E-state index in [1.165, 1.54) is 32.1 Å². The van der Waals surface area contributed by atoms with Gasteiger partial charge in [-0.2, -0.15) is 0 Å². The highest BCUT2D eigenvalue weighted by Crippen LogP contribution is 2.29. The third kappa shape index (κ3) is 8.33. The second-order valence-corrected chi connectivity index (χ2v) is 4.71. The van der Waals surface area contributed by atoms with E-state index in [1.54, 1.807) is 0 Å². The van der Waals surface area contributed by atoms with Crippen LogP contribution in [0.25, 0.3) is 0 Å². The normalized spacial score (nSPS) is 31.2. The molecule has 2 saturated carbocycles. The monoisotopic (exact) mass is 184 g/mol. The first kappa shape index (κ1) is 13.0. The fourth-order valence-corrected chi connectivity index (χ4v) is 1.66. The van der Waals surface area contributed by atoms with Crippen LogP contribution in [0.15, 0.2) is 0 Å². The topological polar surface area (TPSA) is 0 Å². The summed E-state index contributed by atoms with van der Waals surface area (Å²) in [7, 11) is 0. The molecule has 0 heterocycles. The van der Waals surface area contributed by atoms with Crippen molar-refractivity contribution in [3.05, 3.63) is 0 Å². The van der Waals surface area contributed by atoms with Gasteiger partial charge in [-0.05, 0) is 24.2 Å². The van der Waals surface area contributed by atoms with E-state index in [9.17, 15) is 0 Å². The summed E-state index contributed by atoms with van der Waals surface area (Å²) in [6, 6.07) is 0. The Balaban J connectivity index is 0.000000204. The molecule has 13 heavy (non-hydrogen) atoms. The van der Waals surface area contributed by atoms with Crippen LogP contribution in [-0.2, 0) is 0 Å². The maximum atomic E-state index is 2.35. The Kier molecular flexibility index (Phi) is 7.41. The Morgan fingerprint density at radius 2 is 0.846 bits per heavy atom. The molecule has 0 aromatic heterocycles. The van der Waals surface area contributed by atoms with Crippen molar-refractivity contribution >= 4 is 0 Å². The van der Waals surface area contributed by atoms with Crippen molar-refractivity contribution in [2.45, 2.75) is 66.7 Å². The van der Waals surface area contributed by atoms with Gasteiger partial charge in [-0.3, -0.25) is 0 Å². The highest BCUT2D eigenvalue weighted by Gasteiger charge is 2.15. The summed E-state index contributed by atoms with van der Waals surface area (Å²) in [5, 5.41) is 0. The van der Waals surface area contributed by atoms with E-state index in [2.05, 4.69) is 20.8 Å². The summed E-state index contributed by atoms with van der Waals surface area (Å²) in [5.74, 6) is 3.13. The molecule has 80 valence electrons. The van der Waals surface area contributed by atoms with Crippen LogP contribution < -0.4 is 0 Å². The lowest BCUT2D eigenvalue weighted by atomic mass is 10.1. The van der Waals surface area contributed by atoms with Gasteiger partial charge in [-0.15, -0.1) is 0 Å². The van der Waals surface area contributed by atoms with Gasteiger partial charge in [0.05, 0.1) is 0 Å². The second kappa shape index (κ2) is 7.41. The smallest absolute Gasteiger partial charge is 0.0440 e. The lowest BCUT2D eigenvalue weighted by Crippen LogP contribution is -1.84. The van der Waals surface area contributed by atoms with Crippen LogP contribution >= 0.6 is 0 Å². The first-order valence-corrected chi connectivity index (χ1v) is 6.18. The van der Waals surface area contributed by atoms with E-state index in [0.29, 0.717) is 0 Å². The van der Waals surface area contributed by atoms with Gasteiger partial charge < -0.3 is 0 Å². The highest BCUT2D eigenvalue weighted by atomic mass is 14.2. The van der Waals surface area contributed by atoms with Crippen LogP contribution in [0.3, 0.4) is 0 Å². The van der Waals surface area contributed by atoms with Gasteiger partial charge in [0.25, 0.3) is 0 Å². The second-order valence-electron chi connectivity index (χ2n) is 4.71. The molecule has 2 aliphatic carbocycles. The number of hydrogen-bond donors (Lipinski definition) is 0. The van der Waals surface area contributed by atoms with Crippen LogP contribution in [0.5, 0.6) is 0 Å². The van der Waals surface area contributed by atoms with Crippen molar-refractivity contribution in [2.75, 3.05) is 0 Å². The Bertz CT molecular complexity index is 94.6. The Hall–Kier alpha value is 0. The van der Waals surface area contributed by atoms with Gasteiger partial charge in [0, 0.05) is 0 Å². The molecule has 0 aliphatic heterocycles. The molecule has 0 spiro atoms. The number of rotatable bonds is 0. The van der Waals surface area contributed by atoms with Gasteiger partial charge in [-0.25, -0.2) is 0 Å². The Morgan fingerprint density at radius 3 is 0.923 bits per heavy atom. The molecule has 2 unspecified atom stereocenters. The zero-order chi connectivity index (χ0) is 10.3. The van der Waals surface area contributed by atoms with Crippen LogP contribution in [-0.4, -0.2) is 0 Å². The minimum atomic E-state index is 1.02. The van der Waals surface area contributed by atoms with Crippen molar-refractivity contribution in [3.8, 4) is 0 Å². The molecular weight excluding hydrogens is 156 g/mol. The van der Waals surface area contributed by atoms with Crippen molar-refractivity contribution < 1.29 is 0 Å². The van der Waals surface area contributed by atoms with Gasteiger partial charge in [0.2, 0.25) is 0 Å². The molecule has 0 nitrogen and oxygen atoms in total. The fraction of sp³-hybridized carbons (Fsp3) is 1.00. The SMILES string of the molecule is CC.CC1CC1.CC1CCC(C)C1. The summed E-state index contributed by atoms with van der Waals surface area (Å²) in [4.78, 5) is 0. The largest absolute Gasteiger partial charge is 0.0683 e. The average molecular weight is 184 g/mol. The molecule has 0 saturated heterocycles. The maximum Gasteiger partial charge on any atom is -0.0440 e. The van der Waals surface area contributed by atoms with Crippen molar-refractivity contribution in [3.63, 3.8) is 0 Å². The van der Waals surface area contributed by atoms with E-state index in [0.717, 1.165) is 17.8 Å². The molecule has 0 heteroatoms. The van der Waals surface area contributed by atoms with E-state index in [4.69, 9.17) is 0 Å². The summed E-state index contributed by atoms with van der Waals surface area (Å²) >= 11 is 0. The van der Waals surface area contributed by atoms with E-state index in [-0.39, 0.29) is 0 Å². The van der Waals surface area contributed by atoms with Crippen LogP contribution in [0.2, 0.25) is 0 Å². The molecule has 2 fully saturated rings.